The van der Waals surface area contributed by atoms with E-state index < -0.39 is 17.9 Å². The molecule has 0 bridgehead atoms. The molecule has 3 atom stereocenters. The lowest BCUT2D eigenvalue weighted by molar-refractivity contribution is -0.102. The first-order valence-electron chi connectivity index (χ1n) is 11.7. The number of fused-ring (bicyclic) bond motifs is 1. The van der Waals surface area contributed by atoms with Crippen molar-refractivity contribution in [2.75, 3.05) is 38.0 Å². The molecule has 1 amide bonds. The van der Waals surface area contributed by atoms with Gasteiger partial charge in [-0.25, -0.2) is 13.8 Å². The van der Waals surface area contributed by atoms with E-state index in [9.17, 15) is 18.4 Å². The number of rotatable bonds is 7. The lowest BCUT2D eigenvalue weighted by Gasteiger charge is -2.36. The van der Waals surface area contributed by atoms with Crippen LogP contribution in [-0.2, 0) is 9.47 Å². The summed E-state index contributed by atoms with van der Waals surface area (Å²) in [6.07, 6.45) is 3.32. The van der Waals surface area contributed by atoms with E-state index in [1.807, 2.05) is 0 Å². The van der Waals surface area contributed by atoms with Crippen molar-refractivity contribution in [1.29, 1.82) is 0 Å². The van der Waals surface area contributed by atoms with Crippen LogP contribution in [0.5, 0.6) is 0 Å². The van der Waals surface area contributed by atoms with Gasteiger partial charge in [0, 0.05) is 39.4 Å². The van der Waals surface area contributed by atoms with E-state index in [2.05, 4.69) is 26.0 Å². The maximum Gasteiger partial charge on any atom is 0.274 e. The highest BCUT2D eigenvalue weighted by molar-refractivity contribution is 6.00. The molecule has 4 heterocycles. The van der Waals surface area contributed by atoms with Crippen LogP contribution >= 0.6 is 0 Å². The van der Waals surface area contributed by atoms with Gasteiger partial charge in [0.25, 0.3) is 17.4 Å². The molecule has 1 saturated heterocycles. The molecule has 3 N–H and O–H groups in total. The maximum absolute atomic E-state index is 13.7. The molecule has 0 radical (unpaired) electrons. The number of pyridine rings is 1. The van der Waals surface area contributed by atoms with E-state index in [-0.39, 0.29) is 53.3 Å². The Balaban J connectivity index is 1.46. The lowest BCUT2D eigenvalue weighted by Crippen LogP contribution is -2.55. The molecule has 2 fully saturated rings. The first kappa shape index (κ1) is 24.1. The molecule has 1 saturated carbocycles. The Morgan fingerprint density at radius 3 is 2.86 bits per heavy atom. The largest absolute Gasteiger partial charge is 0.379 e. The van der Waals surface area contributed by atoms with Crippen LogP contribution in [0.1, 0.15) is 35.7 Å². The number of methoxy groups -OCH3 is 1. The fraction of sp³-hybridized carbons (Fsp3) is 0.478. The zero-order valence-electron chi connectivity index (χ0n) is 19.8. The Morgan fingerprint density at radius 2 is 2.17 bits per heavy atom. The molecule has 1 unspecified atom stereocenters. The van der Waals surface area contributed by atoms with Crippen LogP contribution in [0.25, 0.3) is 5.65 Å². The number of amides is 1. The zero-order valence-corrected chi connectivity index (χ0v) is 19.8. The summed E-state index contributed by atoms with van der Waals surface area (Å²) in [4.78, 5) is 30.5. The number of ether oxygens (including phenoxy) is 2. The molecule has 0 spiro atoms. The summed E-state index contributed by atoms with van der Waals surface area (Å²) >= 11 is 0. The highest BCUT2D eigenvalue weighted by Gasteiger charge is 2.49. The first-order valence-corrected chi connectivity index (χ1v) is 11.7. The van der Waals surface area contributed by atoms with Gasteiger partial charge in [0.15, 0.2) is 5.65 Å². The minimum atomic E-state index is -2.92. The van der Waals surface area contributed by atoms with Gasteiger partial charge in [0.2, 0.25) is 0 Å². The summed E-state index contributed by atoms with van der Waals surface area (Å²) in [6.45, 7) is 0.922. The van der Waals surface area contributed by atoms with Crippen molar-refractivity contribution in [1.82, 2.24) is 24.5 Å². The van der Waals surface area contributed by atoms with Gasteiger partial charge in [0.05, 0.1) is 24.9 Å². The van der Waals surface area contributed by atoms with Gasteiger partial charge in [-0.3, -0.25) is 9.59 Å². The Hall–Kier alpha value is -3.58. The van der Waals surface area contributed by atoms with Crippen molar-refractivity contribution in [2.24, 2.45) is 0 Å². The Morgan fingerprint density at radius 1 is 1.33 bits per heavy atom. The number of hydrogen-bond donors (Lipinski definition) is 3. The van der Waals surface area contributed by atoms with Crippen LogP contribution in [0.15, 0.2) is 35.4 Å². The van der Waals surface area contributed by atoms with Gasteiger partial charge in [-0.15, -0.1) is 0 Å². The fourth-order valence-electron chi connectivity index (χ4n) is 4.53. The van der Waals surface area contributed by atoms with E-state index >= 15 is 0 Å². The van der Waals surface area contributed by atoms with Crippen LogP contribution in [0, 0.1) is 0 Å². The van der Waals surface area contributed by atoms with E-state index in [1.54, 1.807) is 43.1 Å². The first-order chi connectivity index (χ1) is 17.3. The average molecular weight is 504 g/mol. The molecule has 192 valence electrons. The minimum absolute atomic E-state index is 0.0495. The predicted octanol–water partition coefficient (Wildman–Crippen LogP) is 2.18. The lowest BCUT2D eigenvalue weighted by atomic mass is 9.88. The van der Waals surface area contributed by atoms with Gasteiger partial charge < -0.3 is 30.0 Å². The number of halogens is 2. The molecular formula is C23H27F2N7O4. The highest BCUT2D eigenvalue weighted by Crippen LogP contribution is 2.37. The van der Waals surface area contributed by atoms with Gasteiger partial charge in [-0.05, 0) is 25.0 Å². The topological polar surface area (TPSA) is 124 Å². The molecule has 36 heavy (non-hydrogen) atoms. The summed E-state index contributed by atoms with van der Waals surface area (Å²) in [5, 5.41) is 12.6. The predicted molar refractivity (Wildman–Crippen MR) is 127 cm³/mol. The standard InChI is InChI=1S/C23H27F2N7O4/c1-26-19-10-18(28-14-4-3-8-31(22(14)34)15-6-9-36-12-16(15)35-2)30-20-13(11-27-32(19)20)21(33)29-17-5-7-23(17,24)25/h3-4,8,10-11,15-17,26H,5-7,9,12H2,1-2H3,(H,28,30)(H,29,33)/t15?,16-,17+/m1/s1. The molecule has 1 aliphatic carbocycles. The minimum Gasteiger partial charge on any atom is -0.379 e. The van der Waals surface area contributed by atoms with Crippen LogP contribution in [0.2, 0.25) is 0 Å². The van der Waals surface area contributed by atoms with Gasteiger partial charge in [0.1, 0.15) is 29.0 Å². The number of alkyl halides is 2. The summed E-state index contributed by atoms with van der Waals surface area (Å²) < 4.78 is 41.3. The molecule has 3 aromatic rings. The molecule has 2 aliphatic rings. The quantitative estimate of drug-likeness (QED) is 0.448. The number of hydrogen-bond acceptors (Lipinski definition) is 8. The molecule has 5 rings (SSSR count). The molecule has 1 aliphatic heterocycles. The van der Waals surface area contributed by atoms with Gasteiger partial charge in [-0.1, -0.05) is 0 Å². The van der Waals surface area contributed by atoms with Crippen molar-refractivity contribution in [3.63, 3.8) is 0 Å². The summed E-state index contributed by atoms with van der Waals surface area (Å²) in [6, 6.07) is 3.61. The highest BCUT2D eigenvalue weighted by atomic mass is 19.3. The number of carbonyl (C=O) groups is 1. The van der Waals surface area contributed by atoms with Crippen molar-refractivity contribution >= 4 is 28.9 Å². The van der Waals surface area contributed by atoms with Gasteiger partial charge >= 0.3 is 0 Å². The van der Waals surface area contributed by atoms with Crippen LogP contribution in [0.3, 0.4) is 0 Å². The molecular weight excluding hydrogens is 476 g/mol. The van der Waals surface area contributed by atoms with Crippen molar-refractivity contribution in [3.8, 4) is 0 Å². The number of aromatic nitrogens is 4. The van der Waals surface area contributed by atoms with Crippen molar-refractivity contribution < 1.29 is 23.0 Å². The van der Waals surface area contributed by atoms with E-state index in [4.69, 9.17) is 9.47 Å². The molecule has 11 nitrogen and oxygen atoms in total. The number of anilines is 3. The second-order valence-electron chi connectivity index (χ2n) is 8.86. The third-order valence-electron chi connectivity index (χ3n) is 6.72. The van der Waals surface area contributed by atoms with Crippen molar-refractivity contribution in [2.45, 2.75) is 43.4 Å². The SMILES string of the molecule is CNc1cc(Nc2cccn(C3CCOC[C@H]3OC)c2=O)nc2c(C(=O)N[C@H]3CCC3(F)F)cnn12. The molecule has 3 aromatic heterocycles. The van der Waals surface area contributed by atoms with E-state index in [1.165, 1.54) is 10.7 Å². The smallest absolute Gasteiger partial charge is 0.274 e. The van der Waals surface area contributed by atoms with Crippen LogP contribution in [0.4, 0.5) is 26.1 Å². The van der Waals surface area contributed by atoms with Crippen LogP contribution in [-0.4, -0.2) is 70.5 Å². The molecule has 13 heteroatoms. The van der Waals surface area contributed by atoms with E-state index in [0.29, 0.717) is 25.5 Å². The average Bonchev–Trinajstić information content (AvgIpc) is 3.31. The maximum atomic E-state index is 13.7. The Labute approximate surface area is 204 Å². The normalized spacial score (nSPS) is 23.2. The number of nitrogens with one attached hydrogen (secondary N) is 3. The second-order valence-corrected chi connectivity index (χ2v) is 8.86. The summed E-state index contributed by atoms with van der Waals surface area (Å²) in [5.74, 6) is -2.85. The van der Waals surface area contributed by atoms with Crippen LogP contribution < -0.4 is 21.5 Å². The fourth-order valence-corrected chi connectivity index (χ4v) is 4.53. The van der Waals surface area contributed by atoms with Gasteiger partial charge in [-0.2, -0.15) is 9.61 Å². The third kappa shape index (κ3) is 4.28. The third-order valence-corrected chi connectivity index (χ3v) is 6.72. The summed E-state index contributed by atoms with van der Waals surface area (Å²) in [5.41, 5.74) is 0.216. The number of nitrogens with zero attached hydrogens (tertiary/aromatic N) is 4. The van der Waals surface area contributed by atoms with E-state index in [0.717, 1.165) is 0 Å². The zero-order chi connectivity index (χ0) is 25.4. The summed E-state index contributed by atoms with van der Waals surface area (Å²) in [7, 11) is 3.25. The second kappa shape index (κ2) is 9.47. The van der Waals surface area contributed by atoms with Crippen molar-refractivity contribution in [3.05, 3.63) is 46.5 Å². The Bertz CT molecular complexity index is 1340. The molecule has 0 aromatic carbocycles. The number of carbonyl (C=O) groups excluding carboxylic acids is 1. The Kier molecular flexibility index (Phi) is 6.35. The monoisotopic (exact) mass is 503 g/mol.